The van der Waals surface area contributed by atoms with E-state index < -0.39 is 0 Å². The first-order valence-electron chi connectivity index (χ1n) is 4.01. The van der Waals surface area contributed by atoms with Crippen LogP contribution in [0.3, 0.4) is 0 Å². The normalized spacial score (nSPS) is 13.1. The molecule has 0 saturated carbocycles. The van der Waals surface area contributed by atoms with Gasteiger partial charge in [-0.25, -0.2) is 0 Å². The van der Waals surface area contributed by atoms with Crippen molar-refractivity contribution < 1.29 is 4.42 Å². The Morgan fingerprint density at radius 3 is 2.79 bits per heavy atom. The molecule has 1 unspecified atom stereocenters. The minimum Gasteiger partial charge on any atom is -0.418 e. The minimum absolute atomic E-state index is 0.244. The maximum atomic E-state index is 5.78. The molecular weight excluding hydrogens is 222 g/mol. The van der Waals surface area contributed by atoms with Crippen molar-refractivity contribution in [3.05, 3.63) is 22.4 Å². The fraction of sp³-hybridized carbons (Fsp3) is 0.250. The Hall–Kier alpha value is -0.910. The first-order valence-corrected chi connectivity index (χ1v) is 5.21. The zero-order valence-corrected chi connectivity index (χ0v) is 8.97. The van der Waals surface area contributed by atoms with Gasteiger partial charge in [0.05, 0.1) is 15.3 Å². The third kappa shape index (κ3) is 1.79. The number of nitrogens with zero attached hydrogens (tertiary/aromatic N) is 2. The molecule has 0 saturated heterocycles. The molecule has 0 radical (unpaired) electrons. The monoisotopic (exact) mass is 229 g/mol. The highest BCUT2D eigenvalue weighted by Crippen LogP contribution is 2.30. The quantitative estimate of drug-likeness (QED) is 0.859. The molecule has 0 bridgehead atoms. The summed E-state index contributed by atoms with van der Waals surface area (Å²) in [7, 11) is 0. The molecule has 4 nitrogen and oxygen atoms in total. The number of hydrogen-bond acceptors (Lipinski definition) is 5. The van der Waals surface area contributed by atoms with Crippen molar-refractivity contribution in [2.24, 2.45) is 5.73 Å². The molecule has 74 valence electrons. The van der Waals surface area contributed by atoms with Crippen molar-refractivity contribution in [2.75, 3.05) is 0 Å². The summed E-state index contributed by atoms with van der Waals surface area (Å²) < 4.78 is 6.04. The Kier molecular flexibility index (Phi) is 2.54. The van der Waals surface area contributed by atoms with Gasteiger partial charge in [-0.05, 0) is 19.1 Å². The van der Waals surface area contributed by atoms with Gasteiger partial charge in [-0.15, -0.1) is 21.5 Å². The smallest absolute Gasteiger partial charge is 0.257 e. The molecule has 2 heterocycles. The Morgan fingerprint density at radius 2 is 2.29 bits per heavy atom. The zero-order chi connectivity index (χ0) is 10.1. The van der Waals surface area contributed by atoms with Crippen LogP contribution in [0.25, 0.3) is 10.8 Å². The van der Waals surface area contributed by atoms with E-state index in [4.69, 9.17) is 21.8 Å². The molecule has 14 heavy (non-hydrogen) atoms. The van der Waals surface area contributed by atoms with Gasteiger partial charge in [0, 0.05) is 0 Å². The van der Waals surface area contributed by atoms with Crippen molar-refractivity contribution in [3.63, 3.8) is 0 Å². The first-order chi connectivity index (χ1) is 6.66. The third-order valence-electron chi connectivity index (χ3n) is 1.61. The average molecular weight is 230 g/mol. The van der Waals surface area contributed by atoms with Crippen LogP contribution in [0, 0.1) is 0 Å². The van der Waals surface area contributed by atoms with Crippen LogP contribution in [0.5, 0.6) is 0 Å². The van der Waals surface area contributed by atoms with Gasteiger partial charge in [-0.1, -0.05) is 11.6 Å². The number of rotatable bonds is 2. The maximum absolute atomic E-state index is 5.78. The van der Waals surface area contributed by atoms with Gasteiger partial charge in [0.15, 0.2) is 0 Å². The molecule has 0 spiro atoms. The van der Waals surface area contributed by atoms with E-state index in [1.54, 1.807) is 13.0 Å². The van der Waals surface area contributed by atoms with Crippen LogP contribution in [-0.2, 0) is 0 Å². The molecule has 6 heteroatoms. The molecule has 0 fully saturated rings. The van der Waals surface area contributed by atoms with E-state index in [0.29, 0.717) is 16.1 Å². The summed E-state index contributed by atoms with van der Waals surface area (Å²) in [5.41, 5.74) is 5.59. The molecule has 0 aliphatic heterocycles. The van der Waals surface area contributed by atoms with E-state index in [-0.39, 0.29) is 6.04 Å². The summed E-state index contributed by atoms with van der Waals surface area (Å²) in [5.74, 6) is 0.902. The highest BCUT2D eigenvalue weighted by atomic mass is 35.5. The van der Waals surface area contributed by atoms with Gasteiger partial charge >= 0.3 is 0 Å². The highest BCUT2D eigenvalue weighted by Gasteiger charge is 2.12. The SMILES string of the molecule is CC(N)c1nnc(-c2ccc(Cl)s2)o1. The Bertz CT molecular complexity index is 437. The van der Waals surface area contributed by atoms with Gasteiger partial charge in [-0.2, -0.15) is 0 Å². The Balaban J connectivity index is 2.33. The number of aromatic nitrogens is 2. The third-order valence-corrected chi connectivity index (χ3v) is 2.83. The van der Waals surface area contributed by atoms with Gasteiger partial charge < -0.3 is 10.2 Å². The van der Waals surface area contributed by atoms with E-state index in [0.717, 1.165) is 4.88 Å². The van der Waals surface area contributed by atoms with E-state index in [9.17, 15) is 0 Å². The molecule has 2 aromatic rings. The lowest BCUT2D eigenvalue weighted by atomic mass is 10.4. The van der Waals surface area contributed by atoms with Crippen LogP contribution < -0.4 is 5.73 Å². The van der Waals surface area contributed by atoms with Crippen molar-refractivity contribution in [2.45, 2.75) is 13.0 Å². The van der Waals surface area contributed by atoms with Gasteiger partial charge in [-0.3, -0.25) is 0 Å². The molecule has 1 atom stereocenters. The Labute approximate surface area is 89.7 Å². The molecule has 0 aliphatic rings. The number of halogens is 1. The lowest BCUT2D eigenvalue weighted by molar-refractivity contribution is 0.474. The molecule has 0 amide bonds. The summed E-state index contributed by atoms with van der Waals surface area (Å²) in [6.45, 7) is 1.79. The molecular formula is C8H8ClN3OS. The van der Waals surface area contributed by atoms with E-state index in [1.165, 1.54) is 11.3 Å². The van der Waals surface area contributed by atoms with Crippen LogP contribution in [0.2, 0.25) is 4.34 Å². The van der Waals surface area contributed by atoms with Crippen LogP contribution >= 0.6 is 22.9 Å². The summed E-state index contributed by atoms with van der Waals surface area (Å²) >= 11 is 7.18. The lowest BCUT2D eigenvalue weighted by Gasteiger charge is -1.93. The van der Waals surface area contributed by atoms with Gasteiger partial charge in [0.1, 0.15) is 0 Å². The van der Waals surface area contributed by atoms with E-state index in [2.05, 4.69) is 10.2 Å². The molecule has 0 aromatic carbocycles. The second kappa shape index (κ2) is 3.68. The topological polar surface area (TPSA) is 64.9 Å². The van der Waals surface area contributed by atoms with E-state index in [1.807, 2.05) is 6.07 Å². The molecule has 0 aliphatic carbocycles. The zero-order valence-electron chi connectivity index (χ0n) is 7.40. The lowest BCUT2D eigenvalue weighted by Crippen LogP contribution is -2.04. The fourth-order valence-electron chi connectivity index (χ4n) is 0.947. The van der Waals surface area contributed by atoms with Crippen LogP contribution in [0.4, 0.5) is 0 Å². The van der Waals surface area contributed by atoms with E-state index >= 15 is 0 Å². The van der Waals surface area contributed by atoms with Crippen LogP contribution in [-0.4, -0.2) is 10.2 Å². The fourth-order valence-corrected chi connectivity index (χ4v) is 1.91. The van der Waals surface area contributed by atoms with Gasteiger partial charge in [0.2, 0.25) is 5.89 Å². The standard InChI is InChI=1S/C8H8ClN3OS/c1-4(10)7-11-12-8(13-7)5-2-3-6(9)14-5/h2-4H,10H2,1H3. The Morgan fingerprint density at radius 1 is 1.50 bits per heavy atom. The van der Waals surface area contributed by atoms with Crippen molar-refractivity contribution in [1.29, 1.82) is 0 Å². The van der Waals surface area contributed by atoms with Crippen LogP contribution in [0.15, 0.2) is 16.5 Å². The summed E-state index contributed by atoms with van der Waals surface area (Å²) in [6.07, 6.45) is 0. The van der Waals surface area contributed by atoms with Crippen molar-refractivity contribution >= 4 is 22.9 Å². The predicted molar refractivity (Wildman–Crippen MR) is 55.2 cm³/mol. The number of nitrogens with two attached hydrogens (primary N) is 1. The van der Waals surface area contributed by atoms with Crippen molar-refractivity contribution in [1.82, 2.24) is 10.2 Å². The second-order valence-electron chi connectivity index (χ2n) is 2.84. The van der Waals surface area contributed by atoms with Crippen molar-refractivity contribution in [3.8, 4) is 10.8 Å². The summed E-state index contributed by atoms with van der Waals surface area (Å²) in [4.78, 5) is 0.856. The molecule has 2 N–H and O–H groups in total. The van der Waals surface area contributed by atoms with Gasteiger partial charge in [0.25, 0.3) is 5.89 Å². The molecule has 2 aromatic heterocycles. The predicted octanol–water partition coefficient (Wildman–Crippen LogP) is 2.47. The number of thiophene rings is 1. The largest absolute Gasteiger partial charge is 0.418 e. The summed E-state index contributed by atoms with van der Waals surface area (Å²) in [5, 5.41) is 7.70. The van der Waals surface area contributed by atoms with Crippen LogP contribution in [0.1, 0.15) is 18.9 Å². The molecule has 2 rings (SSSR count). The maximum Gasteiger partial charge on any atom is 0.257 e. The second-order valence-corrected chi connectivity index (χ2v) is 4.55. The number of hydrogen-bond donors (Lipinski definition) is 1. The minimum atomic E-state index is -0.244. The summed E-state index contributed by atoms with van der Waals surface area (Å²) in [6, 6.07) is 3.38. The highest BCUT2D eigenvalue weighted by molar-refractivity contribution is 7.19. The average Bonchev–Trinajstić information content (AvgIpc) is 2.70. The first kappa shape index (κ1) is 9.64.